The fourth-order valence-electron chi connectivity index (χ4n) is 3.17. The predicted octanol–water partition coefficient (Wildman–Crippen LogP) is 5.37. The van der Waals surface area contributed by atoms with Gasteiger partial charge in [-0.1, -0.05) is 11.6 Å². The first-order chi connectivity index (χ1) is 13.9. The monoisotopic (exact) mass is 502 g/mol. The maximum atomic E-state index is 14.6. The normalized spacial score (nSPS) is 15.6. The van der Waals surface area contributed by atoms with E-state index in [2.05, 4.69) is 26.2 Å². The molecule has 0 aliphatic carbocycles. The van der Waals surface area contributed by atoms with Gasteiger partial charge in [0, 0.05) is 30.4 Å². The van der Waals surface area contributed by atoms with E-state index in [9.17, 15) is 19.3 Å². The Morgan fingerprint density at radius 1 is 1.50 bits per heavy atom. The van der Waals surface area contributed by atoms with Crippen molar-refractivity contribution in [3.63, 3.8) is 0 Å². The summed E-state index contributed by atoms with van der Waals surface area (Å²) in [5.74, 6) is -0.654. The summed E-state index contributed by atoms with van der Waals surface area (Å²) >= 11 is 9.13. The minimum absolute atomic E-state index is 0.0319. The molecule has 0 radical (unpaired) electrons. The molecule has 1 aromatic heterocycles. The summed E-state index contributed by atoms with van der Waals surface area (Å²) in [5.41, 5.74) is -0.757. The van der Waals surface area contributed by atoms with Crippen molar-refractivity contribution in [1.29, 1.82) is 0 Å². The Kier molecular flexibility index (Phi) is 6.10. The summed E-state index contributed by atoms with van der Waals surface area (Å²) in [4.78, 5) is 28.5. The lowest BCUT2D eigenvalue weighted by Gasteiger charge is -2.42. The van der Waals surface area contributed by atoms with Gasteiger partial charge in [-0.25, -0.2) is 14.2 Å². The number of nitro groups is 1. The van der Waals surface area contributed by atoms with Gasteiger partial charge in [0.1, 0.15) is 23.0 Å². The molecule has 30 heavy (non-hydrogen) atoms. The van der Waals surface area contributed by atoms with Crippen LogP contribution in [-0.2, 0) is 4.74 Å². The van der Waals surface area contributed by atoms with Crippen molar-refractivity contribution in [2.75, 3.05) is 18.4 Å². The molecule has 1 fully saturated rings. The van der Waals surface area contributed by atoms with E-state index in [4.69, 9.17) is 16.3 Å². The van der Waals surface area contributed by atoms with Crippen LogP contribution in [0.3, 0.4) is 0 Å². The number of carbonyl (C=O) groups is 1. The molecule has 1 N–H and O–H groups in total. The number of anilines is 1. The highest BCUT2D eigenvalue weighted by Gasteiger charge is 2.37. The SMILES string of the molecule is CC(Nc1c([N+](=O)[O-])cnc2c(F)c(Br)c(Cl)cc12)C1CN(C(=O)OC(C)(C)C)C1. The van der Waals surface area contributed by atoms with Gasteiger partial charge in [-0.3, -0.25) is 10.1 Å². The number of ether oxygens (including phenoxy) is 1. The van der Waals surface area contributed by atoms with E-state index < -0.39 is 22.4 Å². The number of amides is 1. The zero-order chi connectivity index (χ0) is 22.4. The van der Waals surface area contributed by atoms with Crippen molar-refractivity contribution < 1.29 is 18.8 Å². The Bertz CT molecular complexity index is 1020. The van der Waals surface area contributed by atoms with Gasteiger partial charge in [0.15, 0.2) is 5.82 Å². The smallest absolute Gasteiger partial charge is 0.410 e. The van der Waals surface area contributed by atoms with E-state index in [1.807, 2.05) is 6.92 Å². The fraction of sp³-hybridized carbons (Fsp3) is 0.474. The fourth-order valence-corrected chi connectivity index (χ4v) is 3.66. The van der Waals surface area contributed by atoms with Gasteiger partial charge in [-0.15, -0.1) is 0 Å². The van der Waals surface area contributed by atoms with Gasteiger partial charge in [-0.2, -0.15) is 0 Å². The number of nitrogens with one attached hydrogen (secondary N) is 1. The summed E-state index contributed by atoms with van der Waals surface area (Å²) in [6, 6.07) is 1.20. The molecule has 1 saturated heterocycles. The molecule has 1 aromatic carbocycles. The number of nitrogens with zero attached hydrogens (tertiary/aromatic N) is 3. The molecule has 0 bridgehead atoms. The summed E-state index contributed by atoms with van der Waals surface area (Å²) in [6.45, 7) is 8.12. The number of pyridine rings is 1. The zero-order valence-corrected chi connectivity index (χ0v) is 19.2. The Hall–Kier alpha value is -2.20. The van der Waals surface area contributed by atoms with Crippen molar-refractivity contribution in [2.24, 2.45) is 5.92 Å². The summed E-state index contributed by atoms with van der Waals surface area (Å²) in [5, 5.41) is 14.9. The van der Waals surface area contributed by atoms with Gasteiger partial charge < -0.3 is 15.0 Å². The molecule has 1 atom stereocenters. The quantitative estimate of drug-likeness (QED) is 0.342. The first-order valence-electron chi connectivity index (χ1n) is 9.24. The lowest BCUT2D eigenvalue weighted by atomic mass is 9.92. The number of halogens is 3. The highest BCUT2D eigenvalue weighted by atomic mass is 79.9. The molecule has 0 spiro atoms. The van der Waals surface area contributed by atoms with E-state index in [-0.39, 0.29) is 43.7 Å². The predicted molar refractivity (Wildman–Crippen MR) is 115 cm³/mol. The number of hydrogen-bond donors (Lipinski definition) is 1. The number of likely N-dealkylation sites (tertiary alicyclic amines) is 1. The first kappa shape index (κ1) is 22.5. The van der Waals surface area contributed by atoms with Gasteiger partial charge in [0.25, 0.3) is 0 Å². The Morgan fingerprint density at radius 3 is 2.70 bits per heavy atom. The Morgan fingerprint density at radius 2 is 2.13 bits per heavy atom. The van der Waals surface area contributed by atoms with Crippen LogP contribution >= 0.6 is 27.5 Å². The Labute approximate surface area is 186 Å². The summed E-state index contributed by atoms with van der Waals surface area (Å²) in [7, 11) is 0. The van der Waals surface area contributed by atoms with Gasteiger partial charge in [-0.05, 0) is 49.7 Å². The molecule has 1 aliphatic heterocycles. The van der Waals surface area contributed by atoms with Crippen molar-refractivity contribution >= 4 is 55.9 Å². The van der Waals surface area contributed by atoms with Crippen molar-refractivity contribution in [3.05, 3.63) is 37.7 Å². The zero-order valence-electron chi connectivity index (χ0n) is 16.8. The number of rotatable bonds is 4. The number of hydrogen-bond acceptors (Lipinski definition) is 6. The van der Waals surface area contributed by atoms with Gasteiger partial charge in [0.05, 0.1) is 14.4 Å². The number of carbonyl (C=O) groups excluding carboxylic acids is 1. The van der Waals surface area contributed by atoms with E-state index >= 15 is 0 Å². The highest BCUT2D eigenvalue weighted by molar-refractivity contribution is 9.10. The highest BCUT2D eigenvalue weighted by Crippen LogP contribution is 2.39. The standard InChI is InChI=1S/C19H21BrClFN4O4/c1-9(10-7-25(8-10)18(27)30-19(2,3)4)24-16-11-5-12(21)14(20)15(22)17(11)23-6-13(16)26(28)29/h5-6,9-10H,7-8H2,1-4H3,(H,23,24). The minimum Gasteiger partial charge on any atom is -0.444 e. The number of benzene rings is 1. The van der Waals surface area contributed by atoms with E-state index in [0.29, 0.717) is 13.1 Å². The van der Waals surface area contributed by atoms with E-state index in [1.165, 1.54) is 6.07 Å². The lowest BCUT2D eigenvalue weighted by Crippen LogP contribution is -2.56. The molecule has 1 unspecified atom stereocenters. The maximum absolute atomic E-state index is 14.6. The number of fused-ring (bicyclic) bond motifs is 1. The number of aromatic nitrogens is 1. The van der Waals surface area contributed by atoms with Crippen LogP contribution in [0.25, 0.3) is 10.9 Å². The Balaban J connectivity index is 1.84. The summed E-state index contributed by atoms with van der Waals surface area (Å²) < 4.78 is 20.0. The van der Waals surface area contributed by atoms with Crippen molar-refractivity contribution in [3.8, 4) is 0 Å². The molecular weight excluding hydrogens is 483 g/mol. The van der Waals surface area contributed by atoms with E-state index in [1.54, 1.807) is 25.7 Å². The molecule has 162 valence electrons. The van der Waals surface area contributed by atoms with Crippen molar-refractivity contribution in [1.82, 2.24) is 9.88 Å². The van der Waals surface area contributed by atoms with Crippen LogP contribution in [-0.4, -0.2) is 45.6 Å². The van der Waals surface area contributed by atoms with Gasteiger partial charge in [0.2, 0.25) is 0 Å². The van der Waals surface area contributed by atoms with Crippen LogP contribution in [0, 0.1) is 21.8 Å². The van der Waals surface area contributed by atoms with Crippen LogP contribution in [0.2, 0.25) is 5.02 Å². The lowest BCUT2D eigenvalue weighted by molar-refractivity contribution is -0.384. The average molecular weight is 504 g/mol. The van der Waals surface area contributed by atoms with E-state index in [0.717, 1.165) is 6.20 Å². The third-order valence-electron chi connectivity index (χ3n) is 4.82. The van der Waals surface area contributed by atoms with Crippen LogP contribution in [0.15, 0.2) is 16.7 Å². The topological polar surface area (TPSA) is 97.6 Å². The molecule has 2 heterocycles. The van der Waals surface area contributed by atoms with Crippen LogP contribution in [0.4, 0.5) is 20.6 Å². The molecule has 2 aromatic rings. The average Bonchev–Trinajstić information content (AvgIpc) is 2.57. The second kappa shape index (κ2) is 8.14. The summed E-state index contributed by atoms with van der Waals surface area (Å²) in [6.07, 6.45) is 0.624. The minimum atomic E-state index is -0.692. The first-order valence-corrected chi connectivity index (χ1v) is 10.4. The van der Waals surface area contributed by atoms with Gasteiger partial charge >= 0.3 is 11.8 Å². The third-order valence-corrected chi connectivity index (χ3v) is 6.12. The molecule has 1 amide bonds. The second-order valence-electron chi connectivity index (χ2n) is 8.24. The molecule has 1 aliphatic rings. The molecule has 0 saturated carbocycles. The molecular formula is C19H21BrClFN4O4. The van der Waals surface area contributed by atoms with Crippen LogP contribution in [0.1, 0.15) is 27.7 Å². The molecule has 11 heteroatoms. The second-order valence-corrected chi connectivity index (χ2v) is 9.44. The maximum Gasteiger partial charge on any atom is 0.410 e. The van der Waals surface area contributed by atoms with Crippen LogP contribution < -0.4 is 5.32 Å². The molecule has 8 nitrogen and oxygen atoms in total. The van der Waals surface area contributed by atoms with Crippen LogP contribution in [0.5, 0.6) is 0 Å². The third kappa shape index (κ3) is 4.44. The largest absolute Gasteiger partial charge is 0.444 e. The van der Waals surface area contributed by atoms with Crippen molar-refractivity contribution in [2.45, 2.75) is 39.3 Å². The molecule has 3 rings (SSSR count).